The van der Waals surface area contributed by atoms with Gasteiger partial charge < -0.3 is 10.5 Å². The maximum absolute atomic E-state index is 12.5. The van der Waals surface area contributed by atoms with Crippen LogP contribution in [0.3, 0.4) is 0 Å². The minimum Gasteiger partial charge on any atom is -0.496 e. The summed E-state index contributed by atoms with van der Waals surface area (Å²) >= 11 is 0. The van der Waals surface area contributed by atoms with Gasteiger partial charge in [-0.15, -0.1) is 0 Å². The zero-order chi connectivity index (χ0) is 13.3. The molecule has 0 aliphatic rings. The summed E-state index contributed by atoms with van der Waals surface area (Å²) in [6.07, 6.45) is 0. The van der Waals surface area contributed by atoms with E-state index in [1.54, 1.807) is 19.2 Å². The molecule has 0 saturated carbocycles. The number of Topliss-reactive ketones (excluding diaryl/α,β-unsaturated/α-hetero) is 1. The number of carbonyl (C=O) groups excluding carboxylic acids is 1. The molecule has 0 radical (unpaired) electrons. The topological polar surface area (TPSA) is 52.3 Å². The Labute approximate surface area is 103 Å². The van der Waals surface area contributed by atoms with Crippen LogP contribution in [0.25, 0.3) is 0 Å². The second kappa shape index (κ2) is 4.49. The molecule has 0 saturated heterocycles. The highest BCUT2D eigenvalue weighted by Crippen LogP contribution is 2.34. The fraction of sp³-hybridized carbons (Fsp3) is 0.500. The molecule has 0 fully saturated rings. The Balaban J connectivity index is 3.22. The van der Waals surface area contributed by atoms with Gasteiger partial charge in [-0.2, -0.15) is 0 Å². The van der Waals surface area contributed by atoms with E-state index < -0.39 is 11.0 Å². The summed E-state index contributed by atoms with van der Waals surface area (Å²) in [6, 6.07) is 7.23. The highest BCUT2D eigenvalue weighted by molar-refractivity contribution is 6.03. The number of ether oxygens (including phenoxy) is 1. The van der Waals surface area contributed by atoms with Crippen molar-refractivity contribution in [3.05, 3.63) is 29.8 Å². The zero-order valence-corrected chi connectivity index (χ0v) is 11.2. The summed E-state index contributed by atoms with van der Waals surface area (Å²) in [7, 11) is 1.56. The van der Waals surface area contributed by atoms with Gasteiger partial charge in [0.25, 0.3) is 0 Å². The molecule has 1 aromatic rings. The van der Waals surface area contributed by atoms with E-state index >= 15 is 0 Å². The molecule has 2 N–H and O–H groups in total. The van der Waals surface area contributed by atoms with E-state index in [0.29, 0.717) is 11.3 Å². The van der Waals surface area contributed by atoms with Crippen molar-refractivity contribution in [2.45, 2.75) is 33.2 Å². The highest BCUT2D eigenvalue weighted by atomic mass is 16.5. The molecule has 0 aromatic heterocycles. The molecule has 0 aliphatic heterocycles. The standard InChI is InChI=1S/C14H21NO2/c1-13(2,14(3,4)15)12(16)10-8-6-7-9-11(10)17-5/h6-9H,15H2,1-5H3. The summed E-state index contributed by atoms with van der Waals surface area (Å²) in [5.41, 5.74) is 5.42. The largest absolute Gasteiger partial charge is 0.496 e. The number of rotatable bonds is 4. The first-order valence-electron chi connectivity index (χ1n) is 5.68. The van der Waals surface area contributed by atoms with Crippen LogP contribution in [0.15, 0.2) is 24.3 Å². The lowest BCUT2D eigenvalue weighted by Crippen LogP contribution is -2.51. The molecule has 17 heavy (non-hydrogen) atoms. The van der Waals surface area contributed by atoms with Gasteiger partial charge >= 0.3 is 0 Å². The molecule has 1 rings (SSSR count). The molecule has 0 spiro atoms. The van der Waals surface area contributed by atoms with Crippen LogP contribution in [0.5, 0.6) is 5.75 Å². The number of nitrogens with two attached hydrogens (primary N) is 1. The van der Waals surface area contributed by atoms with Crippen molar-refractivity contribution >= 4 is 5.78 Å². The van der Waals surface area contributed by atoms with Gasteiger partial charge in [0.1, 0.15) is 5.75 Å². The SMILES string of the molecule is COc1ccccc1C(=O)C(C)(C)C(C)(C)N. The molecule has 0 heterocycles. The minimum atomic E-state index is -0.651. The van der Waals surface area contributed by atoms with E-state index in [4.69, 9.17) is 10.5 Å². The minimum absolute atomic E-state index is 0.00227. The predicted molar refractivity (Wildman–Crippen MR) is 69.4 cm³/mol. The van der Waals surface area contributed by atoms with Crippen LogP contribution < -0.4 is 10.5 Å². The monoisotopic (exact) mass is 235 g/mol. The Morgan fingerprint density at radius 3 is 2.18 bits per heavy atom. The van der Waals surface area contributed by atoms with Gasteiger partial charge in [-0.05, 0) is 26.0 Å². The maximum Gasteiger partial charge on any atom is 0.173 e. The fourth-order valence-corrected chi connectivity index (χ4v) is 1.46. The lowest BCUT2D eigenvalue weighted by Gasteiger charge is -2.37. The smallest absolute Gasteiger partial charge is 0.173 e. The number of ketones is 1. The molecule has 0 atom stereocenters. The molecule has 0 amide bonds. The van der Waals surface area contributed by atoms with Crippen LogP contribution in [-0.4, -0.2) is 18.4 Å². The van der Waals surface area contributed by atoms with Crippen molar-refractivity contribution in [2.24, 2.45) is 11.1 Å². The summed E-state index contributed by atoms with van der Waals surface area (Å²) in [5, 5.41) is 0. The third-order valence-electron chi connectivity index (χ3n) is 3.53. The molecular formula is C14H21NO2. The number of methoxy groups -OCH3 is 1. The van der Waals surface area contributed by atoms with E-state index in [1.165, 1.54) is 0 Å². The number of benzene rings is 1. The van der Waals surface area contributed by atoms with E-state index in [1.807, 2.05) is 39.8 Å². The maximum atomic E-state index is 12.5. The Morgan fingerprint density at radius 1 is 1.18 bits per heavy atom. The second-order valence-corrected chi connectivity index (χ2v) is 5.38. The third kappa shape index (κ3) is 2.50. The van der Waals surface area contributed by atoms with Crippen LogP contribution >= 0.6 is 0 Å². The molecule has 0 unspecified atom stereocenters. The van der Waals surface area contributed by atoms with Gasteiger partial charge in [0, 0.05) is 11.0 Å². The molecule has 1 aromatic carbocycles. The fourth-order valence-electron chi connectivity index (χ4n) is 1.46. The van der Waals surface area contributed by atoms with Crippen molar-refractivity contribution in [3.63, 3.8) is 0 Å². The quantitative estimate of drug-likeness (QED) is 0.816. The molecule has 3 heteroatoms. The first-order chi connectivity index (χ1) is 7.71. The van der Waals surface area contributed by atoms with Crippen LogP contribution in [0, 0.1) is 5.41 Å². The van der Waals surface area contributed by atoms with E-state index in [9.17, 15) is 4.79 Å². The van der Waals surface area contributed by atoms with E-state index in [2.05, 4.69) is 0 Å². The Morgan fingerprint density at radius 2 is 1.71 bits per heavy atom. The number of carbonyl (C=O) groups is 1. The average molecular weight is 235 g/mol. The molecule has 3 nitrogen and oxygen atoms in total. The van der Waals surface area contributed by atoms with Gasteiger partial charge in [-0.1, -0.05) is 26.0 Å². The molecular weight excluding hydrogens is 214 g/mol. The van der Waals surface area contributed by atoms with Gasteiger partial charge in [0.05, 0.1) is 12.7 Å². The van der Waals surface area contributed by atoms with Crippen molar-refractivity contribution < 1.29 is 9.53 Å². The number of hydrogen-bond acceptors (Lipinski definition) is 3. The molecule has 94 valence electrons. The van der Waals surface area contributed by atoms with E-state index in [-0.39, 0.29) is 5.78 Å². The molecule has 0 bridgehead atoms. The number of hydrogen-bond donors (Lipinski definition) is 1. The predicted octanol–water partition coefficient (Wildman–Crippen LogP) is 2.64. The normalized spacial score (nSPS) is 12.4. The first-order valence-corrected chi connectivity index (χ1v) is 5.68. The zero-order valence-electron chi connectivity index (χ0n) is 11.2. The average Bonchev–Trinajstić information content (AvgIpc) is 2.26. The van der Waals surface area contributed by atoms with Crippen LogP contribution in [-0.2, 0) is 0 Å². The summed E-state index contributed by atoms with van der Waals surface area (Å²) < 4.78 is 5.21. The van der Waals surface area contributed by atoms with Gasteiger partial charge in [0.2, 0.25) is 0 Å². The third-order valence-corrected chi connectivity index (χ3v) is 3.53. The molecule has 0 aliphatic carbocycles. The van der Waals surface area contributed by atoms with Crippen molar-refractivity contribution in [1.29, 1.82) is 0 Å². The van der Waals surface area contributed by atoms with Crippen LogP contribution in [0.1, 0.15) is 38.1 Å². The highest BCUT2D eigenvalue weighted by Gasteiger charge is 2.41. The Hall–Kier alpha value is -1.35. The van der Waals surface area contributed by atoms with Gasteiger partial charge in [0.15, 0.2) is 5.78 Å². The Kier molecular flexibility index (Phi) is 3.62. The lowest BCUT2D eigenvalue weighted by atomic mass is 9.70. The van der Waals surface area contributed by atoms with Gasteiger partial charge in [-0.25, -0.2) is 0 Å². The summed E-state index contributed by atoms with van der Waals surface area (Å²) in [5.74, 6) is 0.595. The van der Waals surface area contributed by atoms with Crippen molar-refractivity contribution in [1.82, 2.24) is 0 Å². The number of para-hydroxylation sites is 1. The second-order valence-electron chi connectivity index (χ2n) is 5.38. The van der Waals surface area contributed by atoms with Crippen molar-refractivity contribution in [3.8, 4) is 5.75 Å². The van der Waals surface area contributed by atoms with Crippen LogP contribution in [0.4, 0.5) is 0 Å². The summed E-state index contributed by atoms with van der Waals surface area (Å²) in [4.78, 5) is 12.5. The van der Waals surface area contributed by atoms with E-state index in [0.717, 1.165) is 0 Å². The summed E-state index contributed by atoms with van der Waals surface area (Å²) in [6.45, 7) is 7.45. The lowest BCUT2D eigenvalue weighted by molar-refractivity contribution is 0.0731. The van der Waals surface area contributed by atoms with Gasteiger partial charge in [-0.3, -0.25) is 4.79 Å². The first kappa shape index (κ1) is 13.7. The van der Waals surface area contributed by atoms with Crippen LogP contribution in [0.2, 0.25) is 0 Å². The Bertz CT molecular complexity index is 416. The van der Waals surface area contributed by atoms with Crippen molar-refractivity contribution in [2.75, 3.05) is 7.11 Å².